The number of aliphatic hydroxyl groups excluding tert-OH is 1. The van der Waals surface area contributed by atoms with Crippen molar-refractivity contribution in [1.82, 2.24) is 9.97 Å². The molecule has 0 fully saturated rings. The second kappa shape index (κ2) is 4.57. The number of aliphatic hydroxyl groups is 1. The van der Waals surface area contributed by atoms with Gasteiger partial charge in [0.15, 0.2) is 0 Å². The normalized spacial score (nSPS) is 16.9. The summed E-state index contributed by atoms with van der Waals surface area (Å²) in [6, 6.07) is 0. The molecule has 1 unspecified atom stereocenters. The van der Waals surface area contributed by atoms with Gasteiger partial charge in [0.1, 0.15) is 12.1 Å². The lowest BCUT2D eigenvalue weighted by molar-refractivity contribution is 0.208. The van der Waals surface area contributed by atoms with Crippen LogP contribution in [0.2, 0.25) is 0 Å². The third-order valence-corrected chi connectivity index (χ3v) is 2.69. The highest BCUT2D eigenvalue weighted by molar-refractivity contribution is 5.46. The van der Waals surface area contributed by atoms with Gasteiger partial charge < -0.3 is 10.4 Å². The van der Waals surface area contributed by atoms with Gasteiger partial charge >= 0.3 is 0 Å². The lowest BCUT2D eigenvalue weighted by Gasteiger charge is -2.18. The number of anilines is 1. The molecule has 0 bridgehead atoms. The molecule has 1 aliphatic rings. The van der Waals surface area contributed by atoms with E-state index in [1.54, 1.807) is 13.3 Å². The molecule has 0 amide bonds. The highest BCUT2D eigenvalue weighted by Crippen LogP contribution is 2.24. The first-order valence-corrected chi connectivity index (χ1v) is 5.52. The molecule has 2 N–H and O–H groups in total. The van der Waals surface area contributed by atoms with E-state index < -0.39 is 0 Å². The summed E-state index contributed by atoms with van der Waals surface area (Å²) in [6.07, 6.45) is 5.80. The zero-order chi connectivity index (χ0) is 10.7. The number of hydrogen-bond donors (Lipinski definition) is 2. The molecule has 1 aromatic heterocycles. The molecular formula is C11H17N3O. The van der Waals surface area contributed by atoms with Gasteiger partial charge in [-0.2, -0.15) is 0 Å². The molecule has 1 aromatic rings. The summed E-state index contributed by atoms with van der Waals surface area (Å²) in [7, 11) is 0. The van der Waals surface area contributed by atoms with E-state index in [0.29, 0.717) is 6.54 Å². The monoisotopic (exact) mass is 207 g/mol. The molecule has 1 aliphatic carbocycles. The molecule has 4 heteroatoms. The van der Waals surface area contributed by atoms with E-state index in [9.17, 15) is 5.11 Å². The van der Waals surface area contributed by atoms with Crippen molar-refractivity contribution < 1.29 is 5.11 Å². The first-order chi connectivity index (χ1) is 7.27. The summed E-state index contributed by atoms with van der Waals surface area (Å²) < 4.78 is 0. The fourth-order valence-corrected chi connectivity index (χ4v) is 1.92. The Morgan fingerprint density at radius 1 is 1.40 bits per heavy atom. The van der Waals surface area contributed by atoms with Crippen LogP contribution in [0.3, 0.4) is 0 Å². The van der Waals surface area contributed by atoms with Crippen LogP contribution in [0.15, 0.2) is 6.33 Å². The number of nitrogens with zero attached hydrogens (tertiary/aromatic N) is 2. The van der Waals surface area contributed by atoms with Crippen LogP contribution in [0.4, 0.5) is 5.82 Å². The van der Waals surface area contributed by atoms with Crippen LogP contribution in [0, 0.1) is 0 Å². The van der Waals surface area contributed by atoms with E-state index >= 15 is 0 Å². The molecule has 0 aliphatic heterocycles. The summed E-state index contributed by atoms with van der Waals surface area (Å²) in [5.41, 5.74) is 2.41. The lowest BCUT2D eigenvalue weighted by atomic mass is 9.96. The lowest BCUT2D eigenvalue weighted by Crippen LogP contribution is -2.19. The van der Waals surface area contributed by atoms with Crippen molar-refractivity contribution in [1.29, 1.82) is 0 Å². The van der Waals surface area contributed by atoms with Gasteiger partial charge in [0, 0.05) is 17.8 Å². The number of aromatic nitrogens is 2. The van der Waals surface area contributed by atoms with E-state index in [-0.39, 0.29) is 6.10 Å². The van der Waals surface area contributed by atoms with Crippen molar-refractivity contribution in [2.45, 2.75) is 38.7 Å². The van der Waals surface area contributed by atoms with Crippen LogP contribution in [-0.4, -0.2) is 27.7 Å². The van der Waals surface area contributed by atoms with E-state index in [1.165, 1.54) is 24.1 Å². The number of fused-ring (bicyclic) bond motifs is 1. The van der Waals surface area contributed by atoms with E-state index in [4.69, 9.17) is 0 Å². The quantitative estimate of drug-likeness (QED) is 0.780. The molecular weight excluding hydrogens is 190 g/mol. The first-order valence-electron chi connectivity index (χ1n) is 5.52. The second-order valence-corrected chi connectivity index (χ2v) is 4.08. The van der Waals surface area contributed by atoms with Gasteiger partial charge in [-0.3, -0.25) is 0 Å². The average Bonchev–Trinajstić information content (AvgIpc) is 2.26. The van der Waals surface area contributed by atoms with Crippen LogP contribution in [-0.2, 0) is 12.8 Å². The van der Waals surface area contributed by atoms with E-state index in [1.807, 2.05) is 0 Å². The van der Waals surface area contributed by atoms with Crippen molar-refractivity contribution in [3.8, 4) is 0 Å². The molecule has 1 heterocycles. The standard InChI is InChI=1S/C11H17N3O/c1-8(15)6-12-11-9-4-2-3-5-10(9)13-7-14-11/h7-8,15H,2-6H2,1H3,(H,12,13,14). The Bertz CT molecular complexity index is 339. The summed E-state index contributed by atoms with van der Waals surface area (Å²) in [6.45, 7) is 2.31. The Morgan fingerprint density at radius 3 is 3.00 bits per heavy atom. The zero-order valence-corrected chi connectivity index (χ0v) is 9.03. The SMILES string of the molecule is CC(O)CNc1ncnc2c1CCCC2. The fraction of sp³-hybridized carbons (Fsp3) is 0.636. The average molecular weight is 207 g/mol. The molecule has 0 radical (unpaired) electrons. The van der Waals surface area contributed by atoms with Crippen LogP contribution < -0.4 is 5.32 Å². The van der Waals surface area contributed by atoms with Crippen molar-refractivity contribution in [2.24, 2.45) is 0 Å². The number of aryl methyl sites for hydroxylation is 1. The smallest absolute Gasteiger partial charge is 0.132 e. The molecule has 82 valence electrons. The van der Waals surface area contributed by atoms with Gasteiger partial charge in [-0.1, -0.05) is 0 Å². The Hall–Kier alpha value is -1.16. The highest BCUT2D eigenvalue weighted by atomic mass is 16.3. The summed E-state index contributed by atoms with van der Waals surface area (Å²) in [5, 5.41) is 12.4. The Balaban J connectivity index is 2.16. The number of nitrogens with one attached hydrogen (secondary N) is 1. The molecule has 4 nitrogen and oxygen atoms in total. The van der Waals surface area contributed by atoms with Crippen molar-refractivity contribution in [3.63, 3.8) is 0 Å². The summed E-state index contributed by atoms with van der Waals surface area (Å²) in [4.78, 5) is 8.52. The van der Waals surface area contributed by atoms with Crippen LogP contribution >= 0.6 is 0 Å². The van der Waals surface area contributed by atoms with Gasteiger partial charge in [-0.15, -0.1) is 0 Å². The van der Waals surface area contributed by atoms with Gasteiger partial charge in [-0.25, -0.2) is 9.97 Å². The minimum absolute atomic E-state index is 0.348. The number of rotatable bonds is 3. The van der Waals surface area contributed by atoms with Crippen LogP contribution in [0.5, 0.6) is 0 Å². The maximum atomic E-state index is 9.21. The van der Waals surface area contributed by atoms with E-state index in [2.05, 4.69) is 15.3 Å². The summed E-state index contributed by atoms with van der Waals surface area (Å²) >= 11 is 0. The number of hydrogen-bond acceptors (Lipinski definition) is 4. The highest BCUT2D eigenvalue weighted by Gasteiger charge is 2.15. The largest absolute Gasteiger partial charge is 0.392 e. The van der Waals surface area contributed by atoms with E-state index in [0.717, 1.165) is 18.7 Å². The first kappa shape index (κ1) is 10.4. The zero-order valence-electron chi connectivity index (χ0n) is 9.03. The third-order valence-electron chi connectivity index (χ3n) is 2.69. The molecule has 0 saturated carbocycles. The topological polar surface area (TPSA) is 58.0 Å². The molecule has 0 spiro atoms. The van der Waals surface area contributed by atoms with Gasteiger partial charge in [0.2, 0.25) is 0 Å². The van der Waals surface area contributed by atoms with Gasteiger partial charge in [0.05, 0.1) is 6.10 Å². The minimum Gasteiger partial charge on any atom is -0.392 e. The fourth-order valence-electron chi connectivity index (χ4n) is 1.92. The summed E-state index contributed by atoms with van der Waals surface area (Å²) in [5.74, 6) is 0.903. The minimum atomic E-state index is -0.348. The molecule has 15 heavy (non-hydrogen) atoms. The Morgan fingerprint density at radius 2 is 2.20 bits per heavy atom. The van der Waals surface area contributed by atoms with Gasteiger partial charge in [-0.05, 0) is 32.6 Å². The Labute approximate surface area is 89.8 Å². The van der Waals surface area contributed by atoms with Crippen molar-refractivity contribution in [2.75, 3.05) is 11.9 Å². The molecule has 1 atom stereocenters. The molecule has 0 saturated heterocycles. The van der Waals surface area contributed by atoms with Gasteiger partial charge in [0.25, 0.3) is 0 Å². The third kappa shape index (κ3) is 2.45. The van der Waals surface area contributed by atoms with Crippen molar-refractivity contribution >= 4 is 5.82 Å². The Kier molecular flexibility index (Phi) is 3.16. The molecule has 0 aromatic carbocycles. The predicted molar refractivity (Wildman–Crippen MR) is 58.8 cm³/mol. The van der Waals surface area contributed by atoms with Crippen LogP contribution in [0.1, 0.15) is 31.0 Å². The second-order valence-electron chi connectivity index (χ2n) is 4.08. The van der Waals surface area contributed by atoms with Crippen LogP contribution in [0.25, 0.3) is 0 Å². The molecule has 2 rings (SSSR count). The predicted octanol–water partition coefficient (Wildman–Crippen LogP) is 1.15. The van der Waals surface area contributed by atoms with Crippen molar-refractivity contribution in [3.05, 3.63) is 17.6 Å². The maximum absolute atomic E-state index is 9.21. The maximum Gasteiger partial charge on any atom is 0.132 e.